The van der Waals surface area contributed by atoms with Crippen LogP contribution in [0.2, 0.25) is 0 Å². The van der Waals surface area contributed by atoms with Crippen molar-refractivity contribution < 1.29 is 7.80 Å². The molecule has 0 atom stereocenters. The number of anilines is 1. The number of hydrogen-bond acceptors (Lipinski definition) is 6. The highest BCUT2D eigenvalue weighted by molar-refractivity contribution is 14.1. The third-order valence-corrected chi connectivity index (χ3v) is 4.92. The molecule has 7 heteroatoms. The average molecular weight is 460 g/mol. The van der Waals surface area contributed by atoms with Crippen molar-refractivity contribution in [2.45, 2.75) is 26.2 Å². The van der Waals surface area contributed by atoms with Gasteiger partial charge in [-0.05, 0) is 53.0 Å². The molecule has 1 saturated heterocycles. The minimum Gasteiger partial charge on any atom is -0.490 e. The number of halogens is 1. The monoisotopic (exact) mass is 460 g/mol. The molecule has 0 radical (unpaired) electrons. The normalized spacial score (nSPS) is 14.5. The van der Waals surface area contributed by atoms with E-state index in [9.17, 15) is 0 Å². The second kappa shape index (κ2) is 10.8. The van der Waals surface area contributed by atoms with Gasteiger partial charge in [0.25, 0.3) is 0 Å². The van der Waals surface area contributed by atoms with Crippen molar-refractivity contribution in [3.63, 3.8) is 0 Å². The summed E-state index contributed by atoms with van der Waals surface area (Å²) in [4.78, 5) is 8.86. The lowest BCUT2D eigenvalue weighted by molar-refractivity contribution is 0.260. The number of nitrogens with zero attached hydrogens (tertiary/aromatic N) is 3. The number of benzene rings is 1. The van der Waals surface area contributed by atoms with Crippen LogP contribution >= 0.6 is 23.0 Å². The largest absolute Gasteiger partial charge is 0.490 e. The third kappa shape index (κ3) is 5.72. The van der Waals surface area contributed by atoms with Gasteiger partial charge < -0.3 is 22.9 Å². The van der Waals surface area contributed by atoms with E-state index in [1.54, 1.807) is 0 Å². The van der Waals surface area contributed by atoms with Gasteiger partial charge in [-0.25, -0.2) is 0 Å². The van der Waals surface area contributed by atoms with E-state index in [0.717, 1.165) is 49.1 Å². The molecule has 1 N–H and O–H groups in total. The Morgan fingerprint density at radius 3 is 2.68 bits per heavy atom. The van der Waals surface area contributed by atoms with Crippen molar-refractivity contribution in [2.75, 3.05) is 51.4 Å². The minimum atomic E-state index is 0.674. The van der Waals surface area contributed by atoms with Gasteiger partial charge in [0.15, 0.2) is 34.5 Å². The first kappa shape index (κ1) is 20.3. The minimum absolute atomic E-state index is 0.674. The summed E-state index contributed by atoms with van der Waals surface area (Å²) in [6.07, 6.45) is 3.66. The molecular weight excluding hydrogens is 431 g/mol. The number of aliphatic imine (C=N–C) groups is 1. The van der Waals surface area contributed by atoms with Crippen molar-refractivity contribution >= 4 is 41.1 Å². The molecular formula is C18H29IN4O2. The van der Waals surface area contributed by atoms with E-state index in [4.69, 9.17) is 7.80 Å². The van der Waals surface area contributed by atoms with Gasteiger partial charge in [-0.1, -0.05) is 0 Å². The van der Waals surface area contributed by atoms with Gasteiger partial charge in [0.05, 0.1) is 24.7 Å². The Morgan fingerprint density at radius 1 is 1.32 bits per heavy atom. The molecule has 2 rings (SSSR count). The molecule has 1 aromatic rings. The molecule has 1 aliphatic rings. The van der Waals surface area contributed by atoms with Gasteiger partial charge in [0.2, 0.25) is 0 Å². The fraction of sp³-hybridized carbons (Fsp3) is 0.611. The Hall–Kier alpha value is -1.06. The Morgan fingerprint density at radius 2 is 2.08 bits per heavy atom. The molecule has 0 spiro atoms. The van der Waals surface area contributed by atoms with Crippen LogP contribution in [0.4, 0.5) is 11.4 Å². The van der Waals surface area contributed by atoms with Crippen LogP contribution in [0.5, 0.6) is 11.5 Å². The van der Waals surface area contributed by atoms with Crippen LogP contribution in [-0.2, 0) is 0 Å². The van der Waals surface area contributed by atoms with Gasteiger partial charge in [-0.15, -0.1) is 0 Å². The van der Waals surface area contributed by atoms with Crippen LogP contribution in [0.15, 0.2) is 17.1 Å². The molecule has 0 aliphatic carbocycles. The molecule has 1 fully saturated rings. The van der Waals surface area contributed by atoms with Gasteiger partial charge in [0.1, 0.15) is 0 Å². The molecule has 0 bridgehead atoms. The summed E-state index contributed by atoms with van der Waals surface area (Å²) in [5, 5.41) is 3.17. The van der Waals surface area contributed by atoms with Gasteiger partial charge in [0, 0.05) is 25.2 Å². The predicted octanol–water partition coefficient (Wildman–Crippen LogP) is 3.62. The first-order valence-electron chi connectivity index (χ1n) is 8.91. The van der Waals surface area contributed by atoms with Crippen molar-refractivity contribution in [1.82, 2.24) is 10.2 Å². The first-order chi connectivity index (χ1) is 12.2. The van der Waals surface area contributed by atoms with Crippen LogP contribution in [0, 0.1) is 0 Å². The number of ether oxygens (including phenoxy) is 1. The lowest BCUT2D eigenvalue weighted by Crippen LogP contribution is -2.32. The van der Waals surface area contributed by atoms with Crippen LogP contribution in [0.3, 0.4) is 0 Å². The zero-order valence-corrected chi connectivity index (χ0v) is 17.4. The maximum atomic E-state index is 5.98. The van der Waals surface area contributed by atoms with Crippen LogP contribution in [0.1, 0.15) is 26.2 Å². The topological polar surface area (TPSA) is 49.3 Å². The molecule has 0 amide bonds. The average Bonchev–Trinajstić information content (AvgIpc) is 3.16. The number of nitrogens with one attached hydrogen (secondary N) is 1. The highest BCUT2D eigenvalue weighted by Gasteiger charge is 2.16. The molecule has 1 heterocycles. The Bertz CT molecular complexity index is 550. The summed E-state index contributed by atoms with van der Waals surface area (Å²) in [7, 11) is 1.93. The highest BCUT2D eigenvalue weighted by Crippen LogP contribution is 2.40. The highest BCUT2D eigenvalue weighted by atomic mass is 127. The second-order valence-corrected chi connectivity index (χ2v) is 6.58. The van der Waals surface area contributed by atoms with Gasteiger partial charge >= 0.3 is 0 Å². The van der Waals surface area contributed by atoms with E-state index < -0.39 is 0 Å². The smallest absolute Gasteiger partial charge is 0.192 e. The summed E-state index contributed by atoms with van der Waals surface area (Å²) < 4.78 is 11.5. The number of rotatable bonds is 11. The van der Waals surface area contributed by atoms with Gasteiger partial charge in [-0.2, -0.15) is 0 Å². The SMILES string of the molecule is C=Nc1cc(OCCCN2CCCC2)c(OI)cc1N(CC)CNC. The molecule has 1 aliphatic heterocycles. The summed E-state index contributed by atoms with van der Waals surface area (Å²) in [6, 6.07) is 3.90. The van der Waals surface area contributed by atoms with E-state index in [1.165, 1.54) is 25.9 Å². The molecule has 0 aromatic heterocycles. The summed E-state index contributed by atoms with van der Waals surface area (Å²) in [5.74, 6) is 1.45. The molecule has 6 nitrogen and oxygen atoms in total. The molecule has 25 heavy (non-hydrogen) atoms. The lowest BCUT2D eigenvalue weighted by Gasteiger charge is -2.25. The maximum Gasteiger partial charge on any atom is 0.192 e. The van der Waals surface area contributed by atoms with E-state index in [1.807, 2.05) is 42.2 Å². The van der Waals surface area contributed by atoms with Crippen molar-refractivity contribution in [3.05, 3.63) is 12.1 Å². The summed E-state index contributed by atoms with van der Waals surface area (Å²) >= 11 is 1.90. The zero-order chi connectivity index (χ0) is 18.1. The van der Waals surface area contributed by atoms with E-state index in [0.29, 0.717) is 6.61 Å². The van der Waals surface area contributed by atoms with Crippen LogP contribution in [0.25, 0.3) is 0 Å². The predicted molar refractivity (Wildman–Crippen MR) is 113 cm³/mol. The third-order valence-electron chi connectivity index (χ3n) is 4.44. The van der Waals surface area contributed by atoms with Gasteiger partial charge in [-0.3, -0.25) is 4.99 Å². The van der Waals surface area contributed by atoms with E-state index in [-0.39, 0.29) is 0 Å². The lowest BCUT2D eigenvalue weighted by atomic mass is 10.2. The second-order valence-electron chi connectivity index (χ2n) is 6.14. The fourth-order valence-corrected chi connectivity index (χ4v) is 3.47. The number of likely N-dealkylation sites (tertiary alicyclic amines) is 1. The van der Waals surface area contributed by atoms with Crippen molar-refractivity contribution in [1.29, 1.82) is 0 Å². The maximum absolute atomic E-state index is 5.98. The van der Waals surface area contributed by atoms with Crippen molar-refractivity contribution in [2.24, 2.45) is 4.99 Å². The van der Waals surface area contributed by atoms with Crippen LogP contribution < -0.4 is 18.0 Å². The fourth-order valence-electron chi connectivity index (χ4n) is 3.13. The Kier molecular flexibility index (Phi) is 8.77. The summed E-state index contributed by atoms with van der Waals surface area (Å²) in [6.45, 7) is 11.6. The van der Waals surface area contributed by atoms with Crippen molar-refractivity contribution in [3.8, 4) is 11.5 Å². The van der Waals surface area contributed by atoms with E-state index in [2.05, 4.69) is 33.8 Å². The molecule has 0 saturated carbocycles. The Balaban J connectivity index is 2.05. The summed E-state index contributed by atoms with van der Waals surface area (Å²) in [5.41, 5.74) is 1.80. The van der Waals surface area contributed by atoms with E-state index >= 15 is 0 Å². The first-order valence-corrected chi connectivity index (χ1v) is 9.79. The zero-order valence-electron chi connectivity index (χ0n) is 15.3. The van der Waals surface area contributed by atoms with Crippen LogP contribution in [-0.4, -0.2) is 58.1 Å². The molecule has 0 unspecified atom stereocenters. The Labute approximate surface area is 165 Å². The standard InChI is InChI=1S/C18H29IN4O2/c1-4-23(14-20-2)16-13-18(25-19)17(12-15(16)21-3)24-11-7-10-22-8-5-6-9-22/h12-13,20H,3-11,14H2,1-2H3. The quantitative estimate of drug-likeness (QED) is 0.237. The molecule has 140 valence electrons. The molecule has 1 aromatic carbocycles. The number of hydrogen-bond donors (Lipinski definition) is 1.